The number of nitrogens with one attached hydrogen (secondary N) is 1. The van der Waals surface area contributed by atoms with Crippen LogP contribution in [0, 0.1) is 13.8 Å². The van der Waals surface area contributed by atoms with E-state index in [-0.39, 0.29) is 5.91 Å². The van der Waals surface area contributed by atoms with Crippen LogP contribution in [0.2, 0.25) is 0 Å². The number of β-amino-alcohol motifs (C(OH)–C–C–N with tert-alkyl or cyclic N) is 1. The van der Waals surface area contributed by atoms with Gasteiger partial charge in [0.2, 0.25) is 0 Å². The highest BCUT2D eigenvalue weighted by Gasteiger charge is 2.42. The first kappa shape index (κ1) is 13.2. The zero-order valence-corrected chi connectivity index (χ0v) is 12.2. The standard InChI is InChI=1S/C16H20N2O2/c1-4-16(20)8-18(9-16)15(19)12-5-6-14-13(7-12)10(2)11(3)17-14/h5-7,17,20H,4,8-9H2,1-3H3. The van der Waals surface area contributed by atoms with Crippen LogP contribution in [-0.4, -0.2) is 39.6 Å². The van der Waals surface area contributed by atoms with Crippen LogP contribution in [0.5, 0.6) is 0 Å². The second kappa shape index (κ2) is 4.35. The van der Waals surface area contributed by atoms with E-state index in [1.54, 1.807) is 4.90 Å². The number of amides is 1. The topological polar surface area (TPSA) is 56.3 Å². The Morgan fingerprint density at radius 2 is 2.10 bits per heavy atom. The molecular formula is C16H20N2O2. The molecule has 1 aromatic carbocycles. The van der Waals surface area contributed by atoms with Crippen molar-refractivity contribution < 1.29 is 9.90 Å². The molecule has 1 aromatic heterocycles. The average Bonchev–Trinajstić information content (AvgIpc) is 2.69. The van der Waals surface area contributed by atoms with Gasteiger partial charge in [0.05, 0.1) is 18.7 Å². The summed E-state index contributed by atoms with van der Waals surface area (Å²) in [7, 11) is 0. The molecule has 0 atom stereocenters. The molecule has 0 saturated carbocycles. The number of aliphatic hydroxyl groups is 1. The Bertz CT molecular complexity index is 681. The van der Waals surface area contributed by atoms with Crippen LogP contribution < -0.4 is 0 Å². The maximum Gasteiger partial charge on any atom is 0.254 e. The molecule has 20 heavy (non-hydrogen) atoms. The van der Waals surface area contributed by atoms with E-state index in [9.17, 15) is 9.90 Å². The van der Waals surface area contributed by atoms with Crippen LogP contribution in [-0.2, 0) is 0 Å². The molecule has 3 rings (SSSR count). The summed E-state index contributed by atoms with van der Waals surface area (Å²) in [6.07, 6.45) is 0.686. The fourth-order valence-corrected chi connectivity index (χ4v) is 2.81. The molecule has 106 valence electrons. The molecule has 4 nitrogen and oxygen atoms in total. The number of rotatable bonds is 2. The molecule has 2 N–H and O–H groups in total. The fourth-order valence-electron chi connectivity index (χ4n) is 2.81. The minimum atomic E-state index is -0.680. The number of H-pyrrole nitrogens is 1. The summed E-state index contributed by atoms with van der Waals surface area (Å²) in [5.41, 5.74) is 3.39. The lowest BCUT2D eigenvalue weighted by atomic mass is 9.90. The number of hydrogen-bond acceptors (Lipinski definition) is 2. The summed E-state index contributed by atoms with van der Waals surface area (Å²) in [6, 6.07) is 5.75. The summed E-state index contributed by atoms with van der Waals surface area (Å²) in [6.45, 7) is 6.91. The van der Waals surface area contributed by atoms with Gasteiger partial charge in [0, 0.05) is 22.2 Å². The first-order valence-corrected chi connectivity index (χ1v) is 7.04. The minimum Gasteiger partial charge on any atom is -0.386 e. The van der Waals surface area contributed by atoms with Gasteiger partial charge in [0.1, 0.15) is 0 Å². The fraction of sp³-hybridized carbons (Fsp3) is 0.438. The molecule has 1 amide bonds. The molecule has 1 aliphatic heterocycles. The second-order valence-electron chi connectivity index (χ2n) is 5.87. The summed E-state index contributed by atoms with van der Waals surface area (Å²) >= 11 is 0. The van der Waals surface area contributed by atoms with E-state index >= 15 is 0 Å². The zero-order chi connectivity index (χ0) is 14.5. The van der Waals surface area contributed by atoms with Gasteiger partial charge in [-0.25, -0.2) is 0 Å². The molecule has 0 aliphatic carbocycles. The molecule has 2 heterocycles. The van der Waals surface area contributed by atoms with Crippen LogP contribution in [0.1, 0.15) is 35.0 Å². The van der Waals surface area contributed by atoms with Crippen molar-refractivity contribution in [1.29, 1.82) is 0 Å². The minimum absolute atomic E-state index is 0.00304. The van der Waals surface area contributed by atoms with Crippen LogP contribution in [0.3, 0.4) is 0 Å². The van der Waals surface area contributed by atoms with Gasteiger partial charge < -0.3 is 15.0 Å². The van der Waals surface area contributed by atoms with Gasteiger partial charge in [-0.2, -0.15) is 0 Å². The van der Waals surface area contributed by atoms with Crippen molar-refractivity contribution in [3.05, 3.63) is 35.0 Å². The van der Waals surface area contributed by atoms with Crippen LogP contribution in [0.15, 0.2) is 18.2 Å². The van der Waals surface area contributed by atoms with Crippen LogP contribution in [0.25, 0.3) is 10.9 Å². The van der Waals surface area contributed by atoms with Gasteiger partial charge >= 0.3 is 0 Å². The van der Waals surface area contributed by atoms with Crippen molar-refractivity contribution >= 4 is 16.8 Å². The summed E-state index contributed by atoms with van der Waals surface area (Å²) in [5, 5.41) is 11.1. The Labute approximate surface area is 118 Å². The Morgan fingerprint density at radius 1 is 1.40 bits per heavy atom. The van der Waals surface area contributed by atoms with Gasteiger partial charge in [-0.1, -0.05) is 6.92 Å². The Kier molecular flexibility index (Phi) is 2.87. The van der Waals surface area contributed by atoms with Crippen molar-refractivity contribution in [3.63, 3.8) is 0 Å². The molecule has 2 aromatic rings. The third-order valence-electron chi connectivity index (χ3n) is 4.47. The number of carbonyl (C=O) groups excluding carboxylic acids is 1. The van der Waals surface area contributed by atoms with E-state index in [1.807, 2.05) is 32.0 Å². The Morgan fingerprint density at radius 3 is 2.75 bits per heavy atom. The first-order chi connectivity index (χ1) is 9.43. The largest absolute Gasteiger partial charge is 0.386 e. The van der Waals surface area contributed by atoms with Crippen LogP contribution in [0.4, 0.5) is 0 Å². The number of likely N-dealkylation sites (tertiary alicyclic amines) is 1. The number of aryl methyl sites for hydroxylation is 2. The van der Waals surface area contributed by atoms with Crippen LogP contribution >= 0.6 is 0 Å². The second-order valence-corrected chi connectivity index (χ2v) is 5.87. The predicted octanol–water partition coefficient (Wildman–Crippen LogP) is 2.38. The number of fused-ring (bicyclic) bond motifs is 1. The first-order valence-electron chi connectivity index (χ1n) is 7.04. The van der Waals surface area contributed by atoms with Crippen molar-refractivity contribution in [2.24, 2.45) is 0 Å². The quantitative estimate of drug-likeness (QED) is 0.882. The van der Waals surface area contributed by atoms with Gasteiger partial charge in [-0.05, 0) is 44.0 Å². The lowest BCUT2D eigenvalue weighted by Crippen LogP contribution is -2.63. The van der Waals surface area contributed by atoms with E-state index in [4.69, 9.17) is 0 Å². The summed E-state index contributed by atoms with van der Waals surface area (Å²) in [5.74, 6) is 0.00304. The molecule has 4 heteroatoms. The number of nitrogens with zero attached hydrogens (tertiary/aromatic N) is 1. The van der Waals surface area contributed by atoms with Gasteiger partial charge in [0.15, 0.2) is 0 Å². The van der Waals surface area contributed by atoms with Crippen molar-refractivity contribution in [3.8, 4) is 0 Å². The van der Waals surface area contributed by atoms with E-state index in [2.05, 4.69) is 11.9 Å². The maximum absolute atomic E-state index is 12.4. The van der Waals surface area contributed by atoms with Gasteiger partial charge in [-0.15, -0.1) is 0 Å². The highest BCUT2D eigenvalue weighted by Crippen LogP contribution is 2.28. The summed E-state index contributed by atoms with van der Waals surface area (Å²) in [4.78, 5) is 17.4. The van der Waals surface area contributed by atoms with Gasteiger partial charge in [0.25, 0.3) is 5.91 Å². The third-order valence-corrected chi connectivity index (χ3v) is 4.47. The number of benzene rings is 1. The number of aromatic nitrogens is 1. The predicted molar refractivity (Wildman–Crippen MR) is 78.9 cm³/mol. The van der Waals surface area contributed by atoms with E-state index in [0.717, 1.165) is 16.6 Å². The highest BCUT2D eigenvalue weighted by molar-refractivity contribution is 5.99. The maximum atomic E-state index is 12.4. The molecule has 1 aliphatic rings. The van der Waals surface area contributed by atoms with Crippen molar-refractivity contribution in [2.45, 2.75) is 32.8 Å². The lowest BCUT2D eigenvalue weighted by Gasteiger charge is -2.46. The SMILES string of the molecule is CCC1(O)CN(C(=O)c2ccc3[nH]c(C)c(C)c3c2)C1. The molecule has 1 saturated heterocycles. The van der Waals surface area contributed by atoms with Gasteiger partial charge in [-0.3, -0.25) is 4.79 Å². The zero-order valence-electron chi connectivity index (χ0n) is 12.2. The average molecular weight is 272 g/mol. The molecule has 0 unspecified atom stereocenters. The monoisotopic (exact) mass is 272 g/mol. The Balaban J connectivity index is 1.88. The molecule has 0 radical (unpaired) electrons. The Hall–Kier alpha value is -1.81. The summed E-state index contributed by atoms with van der Waals surface area (Å²) < 4.78 is 0. The molecule has 1 fully saturated rings. The number of carbonyl (C=O) groups is 1. The van der Waals surface area contributed by atoms with E-state index in [1.165, 1.54) is 5.56 Å². The smallest absolute Gasteiger partial charge is 0.254 e. The highest BCUT2D eigenvalue weighted by atomic mass is 16.3. The number of hydrogen-bond donors (Lipinski definition) is 2. The molecule has 0 bridgehead atoms. The van der Waals surface area contributed by atoms with Crippen molar-refractivity contribution in [2.75, 3.05) is 13.1 Å². The van der Waals surface area contributed by atoms with E-state index < -0.39 is 5.60 Å². The molecular weight excluding hydrogens is 252 g/mol. The normalized spacial score (nSPS) is 17.3. The number of aromatic amines is 1. The van der Waals surface area contributed by atoms with E-state index in [0.29, 0.717) is 25.1 Å². The van der Waals surface area contributed by atoms with Crippen molar-refractivity contribution in [1.82, 2.24) is 9.88 Å². The third kappa shape index (κ3) is 1.91. The molecule has 0 spiro atoms. The lowest BCUT2D eigenvalue weighted by molar-refractivity contribution is -0.0826.